The Morgan fingerprint density at radius 3 is 2.57 bits per heavy atom. The fourth-order valence-corrected chi connectivity index (χ4v) is 4.76. The molecule has 6 aromatic rings. The third kappa shape index (κ3) is 1.63. The molecule has 4 aromatic heterocycles. The van der Waals surface area contributed by atoms with E-state index in [1.807, 2.05) is 18.3 Å². The molecule has 0 N–H and O–H groups in total. The van der Waals surface area contributed by atoms with Crippen LogP contribution in [0.2, 0.25) is 0 Å². The number of rotatable bonds is 0. The topological polar surface area (TPSA) is 43.1 Å². The Kier molecular flexibility index (Phi) is 2.51. The Labute approximate surface area is 160 Å². The van der Waals surface area contributed by atoms with Gasteiger partial charge >= 0.3 is 0 Å². The number of pyridine rings is 3. The molecule has 1 aliphatic rings. The van der Waals surface area contributed by atoms with Crippen LogP contribution in [0.1, 0.15) is 11.1 Å². The van der Waals surface area contributed by atoms with Gasteiger partial charge in [0.15, 0.2) is 5.65 Å². The van der Waals surface area contributed by atoms with E-state index in [2.05, 4.69) is 57.9 Å². The maximum atomic E-state index is 4.90. The SMILES string of the molecule is c1ccc2c(c1)Cc1ccc3c(c1-2)c1ncccc1n1c2cccnc2nc31. The average Bonchev–Trinajstić information content (AvgIpc) is 3.32. The van der Waals surface area contributed by atoms with Crippen molar-refractivity contribution in [2.45, 2.75) is 6.42 Å². The molecule has 0 bridgehead atoms. The first kappa shape index (κ1) is 14.3. The number of imidazole rings is 1. The van der Waals surface area contributed by atoms with Crippen LogP contribution in [0, 0.1) is 0 Å². The van der Waals surface area contributed by atoms with E-state index in [0.717, 1.165) is 39.7 Å². The predicted molar refractivity (Wildman–Crippen MR) is 112 cm³/mol. The van der Waals surface area contributed by atoms with Gasteiger partial charge in [-0.2, -0.15) is 0 Å². The van der Waals surface area contributed by atoms with Crippen LogP contribution in [-0.2, 0) is 6.42 Å². The molecule has 0 fully saturated rings. The highest BCUT2D eigenvalue weighted by Crippen LogP contribution is 2.44. The minimum atomic E-state index is 0.765. The summed E-state index contributed by atoms with van der Waals surface area (Å²) < 4.78 is 2.19. The van der Waals surface area contributed by atoms with E-state index in [9.17, 15) is 0 Å². The van der Waals surface area contributed by atoms with Crippen LogP contribution >= 0.6 is 0 Å². The zero-order chi connectivity index (χ0) is 18.2. The van der Waals surface area contributed by atoms with Crippen molar-refractivity contribution < 1.29 is 0 Å². The molecule has 1 aliphatic carbocycles. The Hall–Kier alpha value is -3.79. The van der Waals surface area contributed by atoms with Crippen molar-refractivity contribution in [3.05, 3.63) is 84.2 Å². The number of fused-ring (bicyclic) bond motifs is 12. The maximum absolute atomic E-state index is 4.90. The number of aromatic nitrogens is 4. The van der Waals surface area contributed by atoms with E-state index in [1.165, 1.54) is 27.6 Å². The molecule has 0 atom stereocenters. The molecule has 0 amide bonds. The summed E-state index contributed by atoms with van der Waals surface area (Å²) in [7, 11) is 0. The summed E-state index contributed by atoms with van der Waals surface area (Å²) in [5, 5.41) is 2.32. The second-order valence-electron chi connectivity index (χ2n) is 7.34. The molecule has 4 heterocycles. The summed E-state index contributed by atoms with van der Waals surface area (Å²) in [6.07, 6.45) is 4.65. The van der Waals surface area contributed by atoms with Gasteiger partial charge in [0, 0.05) is 23.2 Å². The van der Waals surface area contributed by atoms with Gasteiger partial charge in [-0.3, -0.25) is 9.38 Å². The van der Waals surface area contributed by atoms with E-state index in [4.69, 9.17) is 9.97 Å². The first-order valence-electron chi connectivity index (χ1n) is 9.44. The maximum Gasteiger partial charge on any atom is 0.178 e. The molecule has 130 valence electrons. The van der Waals surface area contributed by atoms with Gasteiger partial charge in [0.25, 0.3) is 0 Å². The smallest absolute Gasteiger partial charge is 0.178 e. The van der Waals surface area contributed by atoms with Crippen molar-refractivity contribution in [3.8, 4) is 11.1 Å². The second kappa shape index (κ2) is 4.93. The zero-order valence-electron chi connectivity index (χ0n) is 14.9. The molecular formula is C24H14N4. The first-order chi connectivity index (χ1) is 13.9. The van der Waals surface area contributed by atoms with Gasteiger partial charge in [-0.1, -0.05) is 36.4 Å². The van der Waals surface area contributed by atoms with Gasteiger partial charge in [-0.15, -0.1) is 0 Å². The molecule has 28 heavy (non-hydrogen) atoms. The molecule has 0 spiro atoms. The zero-order valence-corrected chi connectivity index (χ0v) is 14.9. The summed E-state index contributed by atoms with van der Waals surface area (Å²) in [5.41, 5.74) is 10.2. The molecular weight excluding hydrogens is 344 g/mol. The molecule has 0 aliphatic heterocycles. The normalized spacial score (nSPS) is 12.9. The molecule has 4 heteroatoms. The van der Waals surface area contributed by atoms with E-state index in [1.54, 1.807) is 6.20 Å². The second-order valence-corrected chi connectivity index (χ2v) is 7.34. The molecule has 4 nitrogen and oxygen atoms in total. The van der Waals surface area contributed by atoms with Crippen molar-refractivity contribution in [2.75, 3.05) is 0 Å². The molecule has 0 saturated heterocycles. The van der Waals surface area contributed by atoms with E-state index in [0.29, 0.717) is 0 Å². The Balaban J connectivity index is 1.82. The minimum absolute atomic E-state index is 0.765. The van der Waals surface area contributed by atoms with Crippen LogP contribution in [-0.4, -0.2) is 19.4 Å². The highest BCUT2D eigenvalue weighted by molar-refractivity contribution is 6.19. The van der Waals surface area contributed by atoms with Crippen LogP contribution in [0.3, 0.4) is 0 Å². The van der Waals surface area contributed by atoms with Crippen molar-refractivity contribution in [3.63, 3.8) is 0 Å². The van der Waals surface area contributed by atoms with Crippen LogP contribution in [0.15, 0.2) is 73.1 Å². The number of hydrogen-bond acceptors (Lipinski definition) is 3. The number of nitrogens with zero attached hydrogens (tertiary/aromatic N) is 4. The monoisotopic (exact) mass is 358 g/mol. The van der Waals surface area contributed by atoms with Gasteiger partial charge in [-0.05, 0) is 52.9 Å². The van der Waals surface area contributed by atoms with Crippen molar-refractivity contribution in [1.82, 2.24) is 19.4 Å². The summed E-state index contributed by atoms with van der Waals surface area (Å²) in [6, 6.07) is 21.3. The molecule has 0 unspecified atom stereocenters. The Morgan fingerprint density at radius 2 is 1.61 bits per heavy atom. The summed E-state index contributed by atoms with van der Waals surface area (Å²) in [4.78, 5) is 14.2. The standard InChI is InChI=1S/C24H14N4/c1-2-6-16-14(5-1)13-15-9-10-17-21(20(15)16)22-18(7-3-11-25-22)28-19-8-4-12-26-23(19)27-24(17)28/h1-12H,13H2. The van der Waals surface area contributed by atoms with Crippen molar-refractivity contribution in [1.29, 1.82) is 0 Å². The lowest BCUT2D eigenvalue weighted by Gasteiger charge is -2.12. The predicted octanol–water partition coefficient (Wildman–Crippen LogP) is 5.16. The Bertz CT molecular complexity index is 1590. The van der Waals surface area contributed by atoms with Crippen LogP contribution in [0.5, 0.6) is 0 Å². The lowest BCUT2D eigenvalue weighted by molar-refractivity contribution is 1.26. The first-order valence-corrected chi connectivity index (χ1v) is 9.44. The third-order valence-electron chi connectivity index (χ3n) is 5.89. The average molecular weight is 358 g/mol. The minimum Gasteiger partial charge on any atom is -0.288 e. The van der Waals surface area contributed by atoms with E-state index >= 15 is 0 Å². The number of hydrogen-bond donors (Lipinski definition) is 0. The summed E-state index contributed by atoms with van der Waals surface area (Å²) in [5.74, 6) is 0. The van der Waals surface area contributed by atoms with Gasteiger partial charge < -0.3 is 0 Å². The molecule has 0 radical (unpaired) electrons. The highest BCUT2D eigenvalue weighted by atomic mass is 15.1. The third-order valence-corrected chi connectivity index (χ3v) is 5.89. The van der Waals surface area contributed by atoms with Gasteiger partial charge in [-0.25, -0.2) is 9.97 Å². The fourth-order valence-electron chi connectivity index (χ4n) is 4.76. The van der Waals surface area contributed by atoms with Crippen LogP contribution in [0.4, 0.5) is 0 Å². The molecule has 0 saturated carbocycles. The lowest BCUT2D eigenvalue weighted by Crippen LogP contribution is -1.95. The van der Waals surface area contributed by atoms with Crippen molar-refractivity contribution >= 4 is 38.6 Å². The van der Waals surface area contributed by atoms with E-state index < -0.39 is 0 Å². The molecule has 2 aromatic carbocycles. The Morgan fingerprint density at radius 1 is 0.750 bits per heavy atom. The summed E-state index contributed by atoms with van der Waals surface area (Å²) in [6.45, 7) is 0. The highest BCUT2D eigenvalue weighted by Gasteiger charge is 2.24. The van der Waals surface area contributed by atoms with E-state index in [-0.39, 0.29) is 0 Å². The van der Waals surface area contributed by atoms with Gasteiger partial charge in [0.2, 0.25) is 0 Å². The quantitative estimate of drug-likeness (QED) is 0.352. The van der Waals surface area contributed by atoms with Crippen LogP contribution < -0.4 is 0 Å². The fraction of sp³-hybridized carbons (Fsp3) is 0.0417. The van der Waals surface area contributed by atoms with Gasteiger partial charge in [0.05, 0.1) is 16.6 Å². The number of benzene rings is 2. The van der Waals surface area contributed by atoms with Crippen molar-refractivity contribution in [2.24, 2.45) is 0 Å². The summed E-state index contributed by atoms with van der Waals surface area (Å²) >= 11 is 0. The van der Waals surface area contributed by atoms with Crippen LogP contribution in [0.25, 0.3) is 49.7 Å². The lowest BCUT2D eigenvalue weighted by atomic mass is 9.97. The van der Waals surface area contributed by atoms with Gasteiger partial charge in [0.1, 0.15) is 5.65 Å². The molecule has 7 rings (SSSR count). The largest absolute Gasteiger partial charge is 0.288 e.